The Labute approximate surface area is 158 Å². The van der Waals surface area contributed by atoms with Crippen molar-refractivity contribution >= 4 is 5.70 Å². The Morgan fingerprint density at radius 2 is 1.81 bits per heavy atom. The van der Waals surface area contributed by atoms with Gasteiger partial charge >= 0.3 is 0 Å². The SMILES string of the molecule is CC(C)CC1CC=C(c2ncc(OC(C)C)cn2)NC1C([O])C(C)(C)C. The molecule has 3 atom stereocenters. The average Bonchev–Trinajstić information content (AvgIpc) is 2.53. The average molecular weight is 361 g/mol. The molecule has 0 bridgehead atoms. The summed E-state index contributed by atoms with van der Waals surface area (Å²) in [5.41, 5.74) is 0.557. The lowest BCUT2D eigenvalue weighted by Gasteiger charge is -2.40. The van der Waals surface area contributed by atoms with Crippen LogP contribution in [0.15, 0.2) is 18.5 Å². The topological polar surface area (TPSA) is 66.9 Å². The summed E-state index contributed by atoms with van der Waals surface area (Å²) < 4.78 is 5.61. The van der Waals surface area contributed by atoms with Gasteiger partial charge in [-0.3, -0.25) is 0 Å². The zero-order chi connectivity index (χ0) is 19.5. The van der Waals surface area contributed by atoms with Gasteiger partial charge in [0.1, 0.15) is 6.10 Å². The quantitative estimate of drug-likeness (QED) is 0.812. The van der Waals surface area contributed by atoms with E-state index in [0.717, 1.165) is 18.5 Å². The lowest BCUT2D eigenvalue weighted by molar-refractivity contribution is -0.0413. The molecule has 0 fully saturated rings. The summed E-state index contributed by atoms with van der Waals surface area (Å²) in [5, 5.41) is 16.6. The summed E-state index contributed by atoms with van der Waals surface area (Å²) in [6, 6.07) is -0.118. The molecule has 26 heavy (non-hydrogen) atoms. The van der Waals surface area contributed by atoms with Gasteiger partial charge in [-0.1, -0.05) is 40.7 Å². The van der Waals surface area contributed by atoms with E-state index in [-0.39, 0.29) is 17.6 Å². The Bertz CT molecular complexity index is 603. The van der Waals surface area contributed by atoms with E-state index in [1.807, 2.05) is 34.6 Å². The van der Waals surface area contributed by atoms with Crippen molar-refractivity contribution in [1.82, 2.24) is 15.3 Å². The third kappa shape index (κ3) is 5.44. The van der Waals surface area contributed by atoms with Crippen molar-refractivity contribution in [1.29, 1.82) is 0 Å². The highest BCUT2D eigenvalue weighted by Gasteiger charge is 2.39. The van der Waals surface area contributed by atoms with Gasteiger partial charge in [-0.15, -0.1) is 0 Å². The van der Waals surface area contributed by atoms with E-state index < -0.39 is 6.10 Å². The van der Waals surface area contributed by atoms with Crippen LogP contribution < -0.4 is 10.1 Å². The van der Waals surface area contributed by atoms with Crippen molar-refractivity contribution in [3.63, 3.8) is 0 Å². The molecule has 1 aliphatic rings. The van der Waals surface area contributed by atoms with Crippen LogP contribution in [0, 0.1) is 17.3 Å². The number of nitrogens with zero attached hydrogens (tertiary/aromatic N) is 2. The molecular weight excluding hydrogens is 326 g/mol. The van der Waals surface area contributed by atoms with Crippen molar-refractivity contribution < 1.29 is 9.84 Å². The first-order valence-electron chi connectivity index (χ1n) is 9.69. The second-order valence-electron chi connectivity index (χ2n) is 9.11. The number of nitrogens with one attached hydrogen (secondary N) is 1. The van der Waals surface area contributed by atoms with Crippen molar-refractivity contribution in [3.05, 3.63) is 24.3 Å². The molecule has 1 N–H and O–H groups in total. The lowest BCUT2D eigenvalue weighted by atomic mass is 9.75. The van der Waals surface area contributed by atoms with Gasteiger partial charge in [-0.25, -0.2) is 15.1 Å². The molecular formula is C21H34N3O2. The van der Waals surface area contributed by atoms with Crippen LogP contribution in [0.1, 0.15) is 67.1 Å². The van der Waals surface area contributed by atoms with Crippen molar-refractivity contribution in [3.8, 4) is 5.75 Å². The summed E-state index contributed by atoms with van der Waals surface area (Å²) in [6.45, 7) is 14.4. The minimum Gasteiger partial charge on any atom is -0.488 e. The molecule has 5 nitrogen and oxygen atoms in total. The lowest BCUT2D eigenvalue weighted by Crippen LogP contribution is -2.51. The van der Waals surface area contributed by atoms with Crippen LogP contribution >= 0.6 is 0 Å². The van der Waals surface area contributed by atoms with E-state index >= 15 is 0 Å². The van der Waals surface area contributed by atoms with E-state index in [9.17, 15) is 5.11 Å². The van der Waals surface area contributed by atoms with Crippen LogP contribution in [-0.2, 0) is 5.11 Å². The maximum atomic E-state index is 13.1. The fourth-order valence-corrected chi connectivity index (χ4v) is 3.43. The third-order valence-corrected chi connectivity index (χ3v) is 4.65. The molecule has 2 heterocycles. The molecule has 1 aliphatic heterocycles. The van der Waals surface area contributed by atoms with Gasteiger partial charge < -0.3 is 10.1 Å². The predicted octanol–water partition coefficient (Wildman–Crippen LogP) is 4.47. The molecule has 5 heteroatoms. The van der Waals surface area contributed by atoms with E-state index in [2.05, 4.69) is 35.2 Å². The predicted molar refractivity (Wildman–Crippen MR) is 104 cm³/mol. The van der Waals surface area contributed by atoms with E-state index in [1.54, 1.807) is 12.4 Å². The number of aromatic nitrogens is 2. The molecule has 0 saturated heterocycles. The summed E-state index contributed by atoms with van der Waals surface area (Å²) in [4.78, 5) is 8.86. The Balaban J connectivity index is 2.21. The molecule has 145 valence electrons. The van der Waals surface area contributed by atoms with Gasteiger partial charge in [0.05, 0.1) is 30.2 Å². The monoisotopic (exact) mass is 360 g/mol. The van der Waals surface area contributed by atoms with Gasteiger partial charge in [0.15, 0.2) is 11.6 Å². The van der Waals surface area contributed by atoms with Gasteiger partial charge in [-0.05, 0) is 43.9 Å². The Hall–Kier alpha value is -1.62. The molecule has 0 aliphatic carbocycles. The van der Waals surface area contributed by atoms with Crippen molar-refractivity contribution in [2.75, 3.05) is 0 Å². The second kappa shape index (κ2) is 8.38. The fourth-order valence-electron chi connectivity index (χ4n) is 3.43. The molecule has 0 spiro atoms. The number of rotatable bonds is 6. The molecule has 1 aromatic heterocycles. The van der Waals surface area contributed by atoms with E-state index in [0.29, 0.717) is 23.4 Å². The van der Waals surface area contributed by atoms with Crippen molar-refractivity contribution in [2.24, 2.45) is 17.3 Å². The van der Waals surface area contributed by atoms with Gasteiger partial charge in [0, 0.05) is 0 Å². The number of hydrogen-bond acceptors (Lipinski definition) is 4. The zero-order valence-electron chi connectivity index (χ0n) is 17.2. The molecule has 0 saturated carbocycles. The van der Waals surface area contributed by atoms with Crippen LogP contribution in [0.4, 0.5) is 0 Å². The van der Waals surface area contributed by atoms with E-state index in [1.165, 1.54) is 0 Å². The first-order chi connectivity index (χ1) is 12.1. The smallest absolute Gasteiger partial charge is 0.175 e. The number of ether oxygens (including phenoxy) is 1. The molecule has 0 amide bonds. The first kappa shape index (κ1) is 20.7. The van der Waals surface area contributed by atoms with Crippen LogP contribution in [-0.4, -0.2) is 28.2 Å². The maximum absolute atomic E-state index is 13.1. The van der Waals surface area contributed by atoms with Crippen LogP contribution in [0.5, 0.6) is 5.75 Å². The summed E-state index contributed by atoms with van der Waals surface area (Å²) in [7, 11) is 0. The summed E-state index contributed by atoms with van der Waals surface area (Å²) in [6.07, 6.45) is 6.84. The molecule has 3 unspecified atom stereocenters. The Morgan fingerprint density at radius 1 is 1.19 bits per heavy atom. The molecule has 1 aromatic rings. The first-order valence-corrected chi connectivity index (χ1v) is 9.69. The zero-order valence-corrected chi connectivity index (χ0v) is 17.2. The van der Waals surface area contributed by atoms with Gasteiger partial charge in [-0.2, -0.15) is 0 Å². The largest absolute Gasteiger partial charge is 0.488 e. The minimum atomic E-state index is -0.696. The summed E-state index contributed by atoms with van der Waals surface area (Å²) in [5.74, 6) is 2.18. The molecule has 0 aromatic carbocycles. The Morgan fingerprint density at radius 3 is 2.31 bits per heavy atom. The fraction of sp³-hybridized carbons (Fsp3) is 0.714. The van der Waals surface area contributed by atoms with Crippen molar-refractivity contribution in [2.45, 2.75) is 79.6 Å². The standard InChI is InChI=1S/C21H34N3O2/c1-13(2)10-15-8-9-17(24-18(15)19(25)21(5,6)7)20-22-11-16(12-23-20)26-14(3)4/h9,11-15,18-19,24H,8,10H2,1-7H3. The van der Waals surface area contributed by atoms with Crippen LogP contribution in [0.2, 0.25) is 0 Å². The number of allylic oxidation sites excluding steroid dienone is 1. The second-order valence-corrected chi connectivity index (χ2v) is 9.11. The number of hydrogen-bond donors (Lipinski definition) is 1. The summed E-state index contributed by atoms with van der Waals surface area (Å²) >= 11 is 0. The van der Waals surface area contributed by atoms with E-state index in [4.69, 9.17) is 4.74 Å². The third-order valence-electron chi connectivity index (χ3n) is 4.65. The highest BCUT2D eigenvalue weighted by molar-refractivity contribution is 5.59. The highest BCUT2D eigenvalue weighted by atomic mass is 16.5. The van der Waals surface area contributed by atoms with Gasteiger partial charge in [0.25, 0.3) is 0 Å². The normalized spacial score (nSPS) is 22.2. The molecule has 1 radical (unpaired) electrons. The minimum absolute atomic E-state index is 0.0886. The highest BCUT2D eigenvalue weighted by Crippen LogP contribution is 2.34. The van der Waals surface area contributed by atoms with Gasteiger partial charge in [0.2, 0.25) is 0 Å². The maximum Gasteiger partial charge on any atom is 0.175 e. The molecule has 2 rings (SSSR count). The van der Waals surface area contributed by atoms with Crippen LogP contribution in [0.3, 0.4) is 0 Å². The van der Waals surface area contributed by atoms with Crippen LogP contribution in [0.25, 0.3) is 5.70 Å². The Kier molecular flexibility index (Phi) is 6.67.